The summed E-state index contributed by atoms with van der Waals surface area (Å²) in [7, 11) is 0. The zero-order chi connectivity index (χ0) is 15.9. The van der Waals surface area contributed by atoms with E-state index in [2.05, 4.69) is 18.2 Å². The zero-order valence-electron chi connectivity index (χ0n) is 13.2. The van der Waals surface area contributed by atoms with Gasteiger partial charge < -0.3 is 10.0 Å². The molecule has 3 nitrogen and oxygen atoms in total. The van der Waals surface area contributed by atoms with Gasteiger partial charge in [-0.1, -0.05) is 43.3 Å². The third-order valence-electron chi connectivity index (χ3n) is 3.61. The maximum atomic E-state index is 12.5. The van der Waals surface area contributed by atoms with Crippen molar-refractivity contribution in [2.45, 2.75) is 13.8 Å². The molecule has 0 spiro atoms. The van der Waals surface area contributed by atoms with E-state index >= 15 is 0 Å². The second-order valence-corrected chi connectivity index (χ2v) is 6.47. The van der Waals surface area contributed by atoms with Crippen molar-refractivity contribution >= 4 is 34.1 Å². The third kappa shape index (κ3) is 4.02. The number of nitrogens with zero attached hydrogens (tertiary/aromatic N) is 1. The minimum Gasteiger partial charge on any atom is -0.396 e. The molecule has 0 aliphatic rings. The van der Waals surface area contributed by atoms with E-state index < -0.39 is 0 Å². The summed E-state index contributed by atoms with van der Waals surface area (Å²) in [6.45, 7) is 4.81. The van der Waals surface area contributed by atoms with Crippen molar-refractivity contribution < 1.29 is 9.90 Å². The van der Waals surface area contributed by atoms with Crippen LogP contribution < -0.4 is 4.90 Å². The first kappa shape index (κ1) is 16.8. The highest BCUT2D eigenvalue weighted by Gasteiger charge is 2.16. The van der Waals surface area contributed by atoms with E-state index in [9.17, 15) is 4.79 Å². The van der Waals surface area contributed by atoms with Gasteiger partial charge in [-0.2, -0.15) is 11.8 Å². The summed E-state index contributed by atoms with van der Waals surface area (Å²) in [5, 5.41) is 11.3. The summed E-state index contributed by atoms with van der Waals surface area (Å²) in [5.41, 5.74) is 0.974. The summed E-state index contributed by atoms with van der Waals surface area (Å²) < 4.78 is 0. The largest absolute Gasteiger partial charge is 0.396 e. The van der Waals surface area contributed by atoms with Crippen molar-refractivity contribution in [2.75, 3.05) is 29.6 Å². The number of rotatable bonds is 7. The van der Waals surface area contributed by atoms with Crippen molar-refractivity contribution in [1.29, 1.82) is 0 Å². The van der Waals surface area contributed by atoms with E-state index in [1.165, 1.54) is 0 Å². The number of aliphatic hydroxyl groups is 1. The van der Waals surface area contributed by atoms with Crippen molar-refractivity contribution in [3.8, 4) is 0 Å². The molecule has 0 saturated heterocycles. The fraction of sp³-hybridized carbons (Fsp3) is 0.389. The van der Waals surface area contributed by atoms with Gasteiger partial charge in [-0.3, -0.25) is 4.79 Å². The first-order valence-electron chi connectivity index (χ1n) is 7.64. The molecule has 1 unspecified atom stereocenters. The standard InChI is InChI=1S/C18H23NO2S/c1-3-19(18(21)13-22-12-14(2)11-20)17-10-6-8-15-7-4-5-9-16(15)17/h4-10,14,20H,3,11-13H2,1-2H3. The van der Waals surface area contributed by atoms with Crippen molar-refractivity contribution in [1.82, 2.24) is 0 Å². The molecule has 0 aromatic heterocycles. The molecule has 2 rings (SSSR count). The SMILES string of the molecule is CCN(C(=O)CSCC(C)CO)c1cccc2ccccc12. The Morgan fingerprint density at radius 1 is 1.23 bits per heavy atom. The Morgan fingerprint density at radius 3 is 2.68 bits per heavy atom. The van der Waals surface area contributed by atoms with E-state index in [0.29, 0.717) is 12.3 Å². The van der Waals surface area contributed by atoms with E-state index in [1.807, 2.05) is 43.0 Å². The van der Waals surface area contributed by atoms with Gasteiger partial charge in [0.25, 0.3) is 0 Å². The molecular formula is C18H23NO2S. The number of carbonyl (C=O) groups excluding carboxylic acids is 1. The summed E-state index contributed by atoms with van der Waals surface area (Å²) in [6.07, 6.45) is 0. The summed E-state index contributed by atoms with van der Waals surface area (Å²) >= 11 is 1.59. The fourth-order valence-electron chi connectivity index (χ4n) is 2.40. The average Bonchev–Trinajstić information content (AvgIpc) is 2.55. The first-order chi connectivity index (χ1) is 10.7. The van der Waals surface area contributed by atoms with Crippen molar-refractivity contribution in [2.24, 2.45) is 5.92 Å². The van der Waals surface area contributed by atoms with Gasteiger partial charge in [-0.05, 0) is 30.0 Å². The molecule has 0 saturated carbocycles. The minimum absolute atomic E-state index is 0.119. The van der Waals surface area contributed by atoms with Crippen LogP contribution >= 0.6 is 11.8 Å². The Labute approximate surface area is 136 Å². The Balaban J connectivity index is 2.14. The first-order valence-corrected chi connectivity index (χ1v) is 8.79. The van der Waals surface area contributed by atoms with Crippen LogP contribution in [0.3, 0.4) is 0 Å². The fourth-order valence-corrected chi connectivity index (χ4v) is 3.36. The topological polar surface area (TPSA) is 40.5 Å². The number of anilines is 1. The third-order valence-corrected chi connectivity index (χ3v) is 4.87. The molecule has 1 atom stereocenters. The normalized spacial score (nSPS) is 12.3. The molecule has 0 aliphatic heterocycles. The van der Waals surface area contributed by atoms with Gasteiger partial charge in [-0.15, -0.1) is 0 Å². The number of benzene rings is 2. The molecule has 0 heterocycles. The highest BCUT2D eigenvalue weighted by atomic mass is 32.2. The second-order valence-electron chi connectivity index (χ2n) is 5.44. The maximum Gasteiger partial charge on any atom is 0.236 e. The second kappa shape index (κ2) is 8.20. The zero-order valence-corrected chi connectivity index (χ0v) is 14.0. The molecule has 22 heavy (non-hydrogen) atoms. The number of thioether (sulfide) groups is 1. The van der Waals surface area contributed by atoms with Gasteiger partial charge >= 0.3 is 0 Å². The monoisotopic (exact) mass is 317 g/mol. The summed E-state index contributed by atoms with van der Waals surface area (Å²) in [4.78, 5) is 14.4. The predicted octanol–water partition coefficient (Wildman–Crippen LogP) is 3.55. The smallest absolute Gasteiger partial charge is 0.236 e. The Kier molecular flexibility index (Phi) is 6.28. The molecule has 0 aliphatic carbocycles. The Morgan fingerprint density at radius 2 is 1.95 bits per heavy atom. The van der Waals surface area contributed by atoms with Crippen LogP contribution in [-0.2, 0) is 4.79 Å². The molecule has 2 aromatic carbocycles. The lowest BCUT2D eigenvalue weighted by Gasteiger charge is -2.23. The molecule has 0 fully saturated rings. The maximum absolute atomic E-state index is 12.5. The Bertz CT molecular complexity index is 624. The number of hydrogen-bond acceptors (Lipinski definition) is 3. The molecular weight excluding hydrogens is 294 g/mol. The van der Waals surface area contributed by atoms with Gasteiger partial charge in [0, 0.05) is 18.5 Å². The molecule has 0 radical (unpaired) electrons. The lowest BCUT2D eigenvalue weighted by atomic mass is 10.1. The van der Waals surface area contributed by atoms with Crippen LogP contribution in [0.25, 0.3) is 10.8 Å². The lowest BCUT2D eigenvalue weighted by molar-refractivity contribution is -0.116. The van der Waals surface area contributed by atoms with E-state index in [1.54, 1.807) is 11.8 Å². The van der Waals surface area contributed by atoms with Crippen molar-refractivity contribution in [3.63, 3.8) is 0 Å². The number of aliphatic hydroxyl groups excluding tert-OH is 1. The van der Waals surface area contributed by atoms with E-state index in [4.69, 9.17) is 5.11 Å². The quantitative estimate of drug-likeness (QED) is 0.849. The van der Waals surface area contributed by atoms with Crippen LogP contribution in [0.4, 0.5) is 5.69 Å². The molecule has 2 aromatic rings. The van der Waals surface area contributed by atoms with Crippen LogP contribution in [0.15, 0.2) is 42.5 Å². The van der Waals surface area contributed by atoms with Gasteiger partial charge in [0.1, 0.15) is 0 Å². The van der Waals surface area contributed by atoms with Gasteiger partial charge in [0.2, 0.25) is 5.91 Å². The molecule has 1 amide bonds. The van der Waals surface area contributed by atoms with Crippen LogP contribution in [-0.4, -0.2) is 35.7 Å². The Hall–Kier alpha value is -1.52. The molecule has 118 valence electrons. The van der Waals surface area contributed by atoms with Gasteiger partial charge in [-0.25, -0.2) is 0 Å². The van der Waals surface area contributed by atoms with Crippen LogP contribution in [0.2, 0.25) is 0 Å². The molecule has 0 bridgehead atoms. The van der Waals surface area contributed by atoms with E-state index in [-0.39, 0.29) is 18.4 Å². The summed E-state index contributed by atoms with van der Waals surface area (Å²) in [6, 6.07) is 14.2. The summed E-state index contributed by atoms with van der Waals surface area (Å²) in [5.74, 6) is 1.59. The van der Waals surface area contributed by atoms with Gasteiger partial charge in [0.15, 0.2) is 0 Å². The number of amides is 1. The van der Waals surface area contributed by atoms with Crippen LogP contribution in [0.1, 0.15) is 13.8 Å². The van der Waals surface area contributed by atoms with E-state index in [0.717, 1.165) is 22.2 Å². The molecule has 1 N–H and O–H groups in total. The number of hydrogen-bond donors (Lipinski definition) is 1. The lowest BCUT2D eigenvalue weighted by Crippen LogP contribution is -2.32. The minimum atomic E-state index is 0.119. The highest BCUT2D eigenvalue weighted by Crippen LogP contribution is 2.27. The number of carbonyl (C=O) groups is 1. The van der Waals surface area contributed by atoms with Crippen molar-refractivity contribution in [3.05, 3.63) is 42.5 Å². The average molecular weight is 317 g/mol. The van der Waals surface area contributed by atoms with Crippen LogP contribution in [0.5, 0.6) is 0 Å². The van der Waals surface area contributed by atoms with Crippen LogP contribution in [0, 0.1) is 5.92 Å². The number of fused-ring (bicyclic) bond motifs is 1. The van der Waals surface area contributed by atoms with Gasteiger partial charge in [0.05, 0.1) is 11.4 Å². The molecule has 4 heteroatoms. The highest BCUT2D eigenvalue weighted by molar-refractivity contribution is 7.99. The predicted molar refractivity (Wildman–Crippen MR) is 95.5 cm³/mol.